The molecule has 136 valence electrons. The number of amides is 1. The third-order valence-corrected chi connectivity index (χ3v) is 4.25. The van der Waals surface area contributed by atoms with Gasteiger partial charge in [-0.15, -0.1) is 0 Å². The van der Waals surface area contributed by atoms with Crippen molar-refractivity contribution in [2.75, 3.05) is 25.6 Å². The van der Waals surface area contributed by atoms with Gasteiger partial charge in [-0.2, -0.15) is 0 Å². The molecule has 1 amide bonds. The molecule has 2 aromatic carbocycles. The maximum absolute atomic E-state index is 12.7. The van der Waals surface area contributed by atoms with Crippen molar-refractivity contribution in [1.82, 2.24) is 0 Å². The van der Waals surface area contributed by atoms with Crippen LogP contribution in [-0.4, -0.2) is 32.2 Å². The highest BCUT2D eigenvalue weighted by molar-refractivity contribution is 6.32. The number of carbonyl (C=O) groups excluding carboxylic acids is 2. The van der Waals surface area contributed by atoms with E-state index in [1.165, 1.54) is 13.2 Å². The van der Waals surface area contributed by atoms with Crippen LogP contribution in [0.4, 0.5) is 5.69 Å². The number of fused-ring (bicyclic) bond motifs is 1. The molecule has 1 aliphatic heterocycles. The summed E-state index contributed by atoms with van der Waals surface area (Å²) in [6.45, 7) is 2.84. The van der Waals surface area contributed by atoms with Gasteiger partial charge in [-0.25, -0.2) is 4.79 Å². The lowest BCUT2D eigenvalue weighted by atomic mass is 10.1. The molecule has 0 unspecified atom stereocenters. The predicted molar refractivity (Wildman–Crippen MR) is 97.5 cm³/mol. The number of rotatable bonds is 3. The van der Waals surface area contributed by atoms with Crippen LogP contribution in [0.5, 0.6) is 11.5 Å². The summed E-state index contributed by atoms with van der Waals surface area (Å²) in [5.74, 6) is 0.0524. The Morgan fingerprint density at radius 2 is 1.88 bits per heavy atom. The highest BCUT2D eigenvalue weighted by Crippen LogP contribution is 2.38. The molecule has 0 aliphatic carbocycles. The molecule has 3 rings (SSSR count). The third-order valence-electron chi connectivity index (χ3n) is 3.97. The van der Waals surface area contributed by atoms with Gasteiger partial charge < -0.3 is 19.5 Å². The first-order valence-electron chi connectivity index (χ1n) is 8.09. The summed E-state index contributed by atoms with van der Waals surface area (Å²) in [5.41, 5.74) is 2.01. The predicted octanol–water partition coefficient (Wildman–Crippen LogP) is 3.85. The van der Waals surface area contributed by atoms with Crippen molar-refractivity contribution in [2.24, 2.45) is 0 Å². The van der Waals surface area contributed by atoms with Crippen LogP contribution >= 0.6 is 11.6 Å². The van der Waals surface area contributed by atoms with Crippen LogP contribution in [0.25, 0.3) is 0 Å². The Kier molecular flexibility index (Phi) is 5.32. The Morgan fingerprint density at radius 3 is 2.65 bits per heavy atom. The van der Waals surface area contributed by atoms with Crippen molar-refractivity contribution in [2.45, 2.75) is 13.3 Å². The van der Waals surface area contributed by atoms with Crippen LogP contribution < -0.4 is 14.8 Å². The van der Waals surface area contributed by atoms with Crippen LogP contribution in [0.1, 0.15) is 32.7 Å². The van der Waals surface area contributed by atoms with Crippen molar-refractivity contribution in [3.05, 3.63) is 52.0 Å². The maximum atomic E-state index is 12.7. The SMILES string of the molecule is COC(=O)c1ccc(C)c(NC(=O)c2cc(Cl)c3c(c2)OCCCO3)c1. The van der Waals surface area contributed by atoms with E-state index in [0.29, 0.717) is 46.5 Å². The smallest absolute Gasteiger partial charge is 0.337 e. The van der Waals surface area contributed by atoms with Gasteiger partial charge in [0.25, 0.3) is 5.91 Å². The van der Waals surface area contributed by atoms with E-state index in [1.54, 1.807) is 24.3 Å². The molecule has 0 saturated carbocycles. The topological polar surface area (TPSA) is 73.9 Å². The van der Waals surface area contributed by atoms with Crippen molar-refractivity contribution in [1.29, 1.82) is 0 Å². The first-order chi connectivity index (χ1) is 12.5. The standard InChI is InChI=1S/C19H18ClNO5/c1-11-4-5-12(19(23)24-2)9-15(11)21-18(22)13-8-14(20)17-16(10-13)25-6-3-7-26-17/h4-5,8-10H,3,6-7H2,1-2H3,(H,21,22). The number of aryl methyl sites for hydroxylation is 1. The fourth-order valence-corrected chi connectivity index (χ4v) is 2.82. The molecule has 26 heavy (non-hydrogen) atoms. The summed E-state index contributed by atoms with van der Waals surface area (Å²) in [4.78, 5) is 24.3. The van der Waals surface area contributed by atoms with Gasteiger partial charge in [-0.3, -0.25) is 4.79 Å². The Labute approximate surface area is 156 Å². The molecule has 0 bridgehead atoms. The van der Waals surface area contributed by atoms with Crippen LogP contribution in [-0.2, 0) is 4.74 Å². The number of carbonyl (C=O) groups is 2. The van der Waals surface area contributed by atoms with Crippen LogP contribution in [0.2, 0.25) is 5.02 Å². The van der Waals surface area contributed by atoms with E-state index in [4.69, 9.17) is 25.8 Å². The highest BCUT2D eigenvalue weighted by atomic mass is 35.5. The molecule has 0 atom stereocenters. The summed E-state index contributed by atoms with van der Waals surface area (Å²) in [5, 5.41) is 3.11. The minimum Gasteiger partial charge on any atom is -0.489 e. The Morgan fingerprint density at radius 1 is 1.12 bits per heavy atom. The van der Waals surface area contributed by atoms with E-state index in [0.717, 1.165) is 12.0 Å². The minimum atomic E-state index is -0.473. The lowest BCUT2D eigenvalue weighted by molar-refractivity contribution is 0.0600. The number of halogens is 1. The number of methoxy groups -OCH3 is 1. The van der Waals surface area contributed by atoms with Gasteiger partial charge in [0.2, 0.25) is 0 Å². The fourth-order valence-electron chi connectivity index (χ4n) is 2.56. The molecule has 6 nitrogen and oxygen atoms in total. The monoisotopic (exact) mass is 375 g/mol. The van der Waals surface area contributed by atoms with E-state index < -0.39 is 5.97 Å². The van der Waals surface area contributed by atoms with Crippen LogP contribution in [0.3, 0.4) is 0 Å². The molecule has 1 N–H and O–H groups in total. The third kappa shape index (κ3) is 3.75. The lowest BCUT2D eigenvalue weighted by Crippen LogP contribution is -2.14. The van der Waals surface area contributed by atoms with Gasteiger partial charge in [0.1, 0.15) is 0 Å². The zero-order valence-corrected chi connectivity index (χ0v) is 15.2. The summed E-state index contributed by atoms with van der Waals surface area (Å²) >= 11 is 6.24. The average molecular weight is 376 g/mol. The molecule has 7 heteroatoms. The van der Waals surface area contributed by atoms with Crippen molar-refractivity contribution in [3.8, 4) is 11.5 Å². The van der Waals surface area contributed by atoms with Crippen molar-refractivity contribution >= 4 is 29.2 Å². The van der Waals surface area contributed by atoms with E-state index >= 15 is 0 Å². The summed E-state index contributed by atoms with van der Waals surface area (Å²) in [6, 6.07) is 8.08. The average Bonchev–Trinajstić information content (AvgIpc) is 2.88. The van der Waals surface area contributed by atoms with Gasteiger partial charge in [-0.05, 0) is 36.8 Å². The summed E-state index contributed by atoms with van der Waals surface area (Å²) < 4.78 is 15.9. The zero-order valence-electron chi connectivity index (χ0n) is 14.4. The fraction of sp³-hybridized carbons (Fsp3) is 0.263. The molecule has 0 saturated heterocycles. The molecule has 0 radical (unpaired) electrons. The zero-order chi connectivity index (χ0) is 18.7. The molecule has 0 spiro atoms. The Balaban J connectivity index is 1.88. The van der Waals surface area contributed by atoms with Gasteiger partial charge in [-0.1, -0.05) is 17.7 Å². The van der Waals surface area contributed by atoms with E-state index in [-0.39, 0.29) is 5.91 Å². The lowest BCUT2D eigenvalue weighted by Gasteiger charge is -2.13. The molecule has 1 heterocycles. The van der Waals surface area contributed by atoms with Gasteiger partial charge >= 0.3 is 5.97 Å². The number of esters is 1. The number of benzene rings is 2. The highest BCUT2D eigenvalue weighted by Gasteiger charge is 2.19. The molecule has 1 aliphatic rings. The number of ether oxygens (including phenoxy) is 3. The van der Waals surface area contributed by atoms with Gasteiger partial charge in [0.15, 0.2) is 11.5 Å². The van der Waals surface area contributed by atoms with E-state index in [9.17, 15) is 9.59 Å². The van der Waals surface area contributed by atoms with Gasteiger partial charge in [0.05, 0.1) is 30.9 Å². The molecule has 2 aromatic rings. The number of nitrogens with one attached hydrogen (secondary N) is 1. The number of anilines is 1. The van der Waals surface area contributed by atoms with E-state index in [2.05, 4.69) is 5.32 Å². The van der Waals surface area contributed by atoms with Crippen LogP contribution in [0, 0.1) is 6.92 Å². The second kappa shape index (κ2) is 7.66. The molecule has 0 aromatic heterocycles. The quantitative estimate of drug-likeness (QED) is 0.825. The van der Waals surface area contributed by atoms with E-state index in [1.807, 2.05) is 6.92 Å². The summed E-state index contributed by atoms with van der Waals surface area (Å²) in [6.07, 6.45) is 0.742. The normalized spacial score (nSPS) is 12.9. The van der Waals surface area contributed by atoms with Crippen molar-refractivity contribution < 1.29 is 23.8 Å². The van der Waals surface area contributed by atoms with Crippen molar-refractivity contribution in [3.63, 3.8) is 0 Å². The Bertz CT molecular complexity index is 865. The minimum absolute atomic E-state index is 0.314. The number of hydrogen-bond acceptors (Lipinski definition) is 5. The van der Waals surface area contributed by atoms with Gasteiger partial charge in [0, 0.05) is 17.7 Å². The first kappa shape index (κ1) is 18.1. The largest absolute Gasteiger partial charge is 0.489 e. The first-order valence-corrected chi connectivity index (χ1v) is 8.47. The molecule has 0 fully saturated rings. The number of hydrogen-bond donors (Lipinski definition) is 1. The summed E-state index contributed by atoms with van der Waals surface area (Å²) in [7, 11) is 1.31. The maximum Gasteiger partial charge on any atom is 0.337 e. The second-order valence-corrected chi connectivity index (χ2v) is 6.22. The molecular formula is C19H18ClNO5. The second-order valence-electron chi connectivity index (χ2n) is 5.81. The Hall–Kier alpha value is -2.73. The molecular weight excluding hydrogens is 358 g/mol. The van der Waals surface area contributed by atoms with Crippen LogP contribution in [0.15, 0.2) is 30.3 Å².